The first-order valence-corrected chi connectivity index (χ1v) is 28.0. The summed E-state index contributed by atoms with van der Waals surface area (Å²) in [4.78, 5) is 13.2. The third-order valence-electron chi connectivity index (χ3n) is 13.8. The molecule has 19 heteroatoms. The van der Waals surface area contributed by atoms with E-state index in [1.807, 2.05) is 6.08 Å². The van der Waals surface area contributed by atoms with E-state index in [4.69, 9.17) is 28.4 Å². The summed E-state index contributed by atoms with van der Waals surface area (Å²) in [5, 5.41) is 120. The number of allylic oxidation sites excluding steroid dienone is 9. The maximum Gasteiger partial charge on any atom is 0.220 e. The zero-order valence-corrected chi connectivity index (χ0v) is 44.8. The summed E-state index contributed by atoms with van der Waals surface area (Å²) >= 11 is 0. The first kappa shape index (κ1) is 66.8. The molecular weight excluding hydrogens is 975 g/mol. The number of unbranched alkanes of at least 4 members (excludes halogenated alkanes) is 15. The van der Waals surface area contributed by atoms with E-state index >= 15 is 0 Å². The predicted molar refractivity (Wildman–Crippen MR) is 282 cm³/mol. The minimum atomic E-state index is -1.98. The highest BCUT2D eigenvalue weighted by molar-refractivity contribution is 5.76. The maximum atomic E-state index is 13.2. The van der Waals surface area contributed by atoms with Gasteiger partial charge in [0.25, 0.3) is 0 Å². The van der Waals surface area contributed by atoms with Crippen LogP contribution in [0.25, 0.3) is 0 Å². The van der Waals surface area contributed by atoms with Gasteiger partial charge >= 0.3 is 0 Å². The van der Waals surface area contributed by atoms with Gasteiger partial charge in [0, 0.05) is 6.42 Å². The first-order chi connectivity index (χ1) is 36.3. The monoisotopic (exact) mass is 1070 g/mol. The van der Waals surface area contributed by atoms with E-state index in [0.717, 1.165) is 77.0 Å². The van der Waals surface area contributed by atoms with Crippen LogP contribution in [0, 0.1) is 0 Å². The van der Waals surface area contributed by atoms with Crippen LogP contribution >= 0.6 is 0 Å². The highest BCUT2D eigenvalue weighted by Gasteiger charge is 2.53. The van der Waals surface area contributed by atoms with Crippen LogP contribution in [0.15, 0.2) is 60.8 Å². The average molecular weight is 1070 g/mol. The molecular formula is C56H97NO18. The third-order valence-corrected chi connectivity index (χ3v) is 13.8. The fourth-order valence-corrected chi connectivity index (χ4v) is 9.09. The second-order valence-electron chi connectivity index (χ2n) is 20.0. The molecule has 12 N–H and O–H groups in total. The van der Waals surface area contributed by atoms with E-state index in [1.54, 1.807) is 6.08 Å². The van der Waals surface area contributed by atoms with Crippen molar-refractivity contribution >= 4 is 5.91 Å². The molecule has 3 aliphatic rings. The molecule has 0 aromatic rings. The molecule has 0 radical (unpaired) electrons. The fraction of sp³-hybridized carbons (Fsp3) is 0.804. The maximum absolute atomic E-state index is 13.2. The molecule has 3 rings (SSSR count). The molecule has 17 unspecified atom stereocenters. The topological polar surface area (TPSA) is 307 Å². The Kier molecular flexibility index (Phi) is 35.4. The van der Waals surface area contributed by atoms with Gasteiger partial charge < -0.3 is 89.9 Å². The highest BCUT2D eigenvalue weighted by Crippen LogP contribution is 2.33. The van der Waals surface area contributed by atoms with Gasteiger partial charge in [-0.25, -0.2) is 0 Å². The number of hydrogen-bond acceptors (Lipinski definition) is 18. The van der Waals surface area contributed by atoms with Crippen LogP contribution in [-0.4, -0.2) is 193 Å². The number of carbonyl (C=O) groups excluding carboxylic acids is 1. The Morgan fingerprint density at radius 1 is 0.480 bits per heavy atom. The van der Waals surface area contributed by atoms with Crippen LogP contribution in [0.4, 0.5) is 0 Å². The van der Waals surface area contributed by atoms with Crippen molar-refractivity contribution in [2.75, 3.05) is 26.4 Å². The molecule has 0 aromatic carbocycles. The van der Waals surface area contributed by atoms with Crippen LogP contribution in [-0.2, 0) is 33.2 Å². The Balaban J connectivity index is 1.50. The Morgan fingerprint density at radius 3 is 1.45 bits per heavy atom. The molecule has 0 spiro atoms. The lowest BCUT2D eigenvalue weighted by Gasteiger charge is -2.48. The van der Waals surface area contributed by atoms with Gasteiger partial charge in [0.1, 0.15) is 73.2 Å². The Morgan fingerprint density at radius 2 is 0.893 bits per heavy atom. The highest BCUT2D eigenvalue weighted by atomic mass is 16.8. The van der Waals surface area contributed by atoms with E-state index < -0.39 is 124 Å². The van der Waals surface area contributed by atoms with Crippen LogP contribution < -0.4 is 5.32 Å². The summed E-state index contributed by atoms with van der Waals surface area (Å²) in [6, 6.07) is -0.996. The summed E-state index contributed by atoms with van der Waals surface area (Å²) in [5.41, 5.74) is 0. The van der Waals surface area contributed by atoms with Crippen molar-refractivity contribution in [3.8, 4) is 0 Å². The standard InChI is InChI=1S/C56H97NO18/c1-3-5-7-9-11-13-14-15-16-17-18-19-20-21-22-23-24-26-28-30-32-34-44(62)57-39(40(61)33-31-29-27-25-12-10-8-6-4-2)38-70-54-50(68)47(65)52(42(36-59)72-54)75-56-51(69)48(66)53(43(37-60)73-56)74-55-49(67)46(64)45(63)41(35-58)71-55/h12,14-15,17-18,20-21,25,31,33,39-43,45-56,58-61,63-69H,3-11,13,16,19,22-24,26-30,32,34-38H2,1-2H3,(H,57,62)/b15-14-,18-17-,21-20-,25-12+,33-31+. The number of ether oxygens (including phenoxy) is 6. The summed E-state index contributed by atoms with van der Waals surface area (Å²) in [7, 11) is 0. The zero-order chi connectivity index (χ0) is 54.8. The van der Waals surface area contributed by atoms with Crippen molar-refractivity contribution in [3.63, 3.8) is 0 Å². The summed E-state index contributed by atoms with van der Waals surface area (Å²) in [6.07, 6.45) is 16.6. The Hall–Kier alpha value is -2.51. The van der Waals surface area contributed by atoms with Crippen LogP contribution in [0.1, 0.15) is 155 Å². The number of nitrogens with one attached hydrogen (secondary N) is 1. The van der Waals surface area contributed by atoms with Crippen molar-refractivity contribution in [2.45, 2.75) is 259 Å². The predicted octanol–water partition coefficient (Wildman–Crippen LogP) is 3.70. The van der Waals surface area contributed by atoms with Gasteiger partial charge in [-0.15, -0.1) is 0 Å². The molecule has 0 bridgehead atoms. The van der Waals surface area contributed by atoms with Gasteiger partial charge in [-0.05, 0) is 70.6 Å². The van der Waals surface area contributed by atoms with Gasteiger partial charge in [-0.3, -0.25) is 4.79 Å². The summed E-state index contributed by atoms with van der Waals surface area (Å²) in [6.45, 7) is 1.58. The fourth-order valence-electron chi connectivity index (χ4n) is 9.09. The van der Waals surface area contributed by atoms with E-state index in [-0.39, 0.29) is 18.9 Å². The average Bonchev–Trinajstić information content (AvgIpc) is 3.41. The van der Waals surface area contributed by atoms with Crippen molar-refractivity contribution in [2.24, 2.45) is 0 Å². The molecule has 3 saturated heterocycles. The molecule has 75 heavy (non-hydrogen) atoms. The lowest BCUT2D eigenvalue weighted by atomic mass is 9.96. The number of aliphatic hydroxyl groups excluding tert-OH is 11. The summed E-state index contributed by atoms with van der Waals surface area (Å²) in [5.74, 6) is -0.304. The molecule has 19 nitrogen and oxygen atoms in total. The van der Waals surface area contributed by atoms with Crippen molar-refractivity contribution in [1.29, 1.82) is 0 Å². The molecule has 0 aliphatic carbocycles. The lowest BCUT2D eigenvalue weighted by molar-refractivity contribution is -0.379. The SMILES string of the molecule is CCCCC/C=C/CC/C=C/C(O)C(COC1OC(CO)C(OC2OC(CO)C(OC3OC(CO)C(O)C(O)C3O)C(O)C2O)C(O)C1O)NC(=O)CCCCCCCC/C=C\C/C=C\C/C=C\CCCCCCC. The molecule has 0 aromatic heterocycles. The Bertz CT molecular complexity index is 1610. The molecule has 3 heterocycles. The first-order valence-electron chi connectivity index (χ1n) is 28.0. The van der Waals surface area contributed by atoms with Gasteiger partial charge in [-0.2, -0.15) is 0 Å². The zero-order valence-electron chi connectivity index (χ0n) is 44.8. The molecule has 3 aliphatic heterocycles. The number of aliphatic hydroxyl groups is 11. The second-order valence-corrected chi connectivity index (χ2v) is 20.0. The van der Waals surface area contributed by atoms with E-state index in [9.17, 15) is 61.0 Å². The molecule has 434 valence electrons. The molecule has 3 fully saturated rings. The van der Waals surface area contributed by atoms with Crippen molar-refractivity contribution < 1.29 is 89.4 Å². The number of amides is 1. The number of rotatable bonds is 39. The van der Waals surface area contributed by atoms with Crippen molar-refractivity contribution in [1.82, 2.24) is 5.32 Å². The van der Waals surface area contributed by atoms with Gasteiger partial charge in [-0.1, -0.05) is 139 Å². The Labute approximate surface area is 445 Å². The normalized spacial score (nSPS) is 31.7. The van der Waals surface area contributed by atoms with Crippen molar-refractivity contribution in [3.05, 3.63) is 60.8 Å². The van der Waals surface area contributed by atoms with E-state index in [2.05, 4.69) is 67.8 Å². The quantitative estimate of drug-likeness (QED) is 0.0309. The minimum absolute atomic E-state index is 0.218. The van der Waals surface area contributed by atoms with Crippen LogP contribution in [0.5, 0.6) is 0 Å². The molecule has 1 amide bonds. The van der Waals surface area contributed by atoms with Crippen LogP contribution in [0.3, 0.4) is 0 Å². The summed E-state index contributed by atoms with van der Waals surface area (Å²) < 4.78 is 34.1. The number of carbonyl (C=O) groups is 1. The molecule has 0 saturated carbocycles. The smallest absolute Gasteiger partial charge is 0.220 e. The van der Waals surface area contributed by atoms with E-state index in [0.29, 0.717) is 12.8 Å². The lowest BCUT2D eigenvalue weighted by Crippen LogP contribution is -2.66. The largest absolute Gasteiger partial charge is 0.394 e. The number of hydrogen-bond donors (Lipinski definition) is 12. The van der Waals surface area contributed by atoms with E-state index in [1.165, 1.54) is 44.9 Å². The van der Waals surface area contributed by atoms with Gasteiger partial charge in [0.2, 0.25) is 5.91 Å². The van der Waals surface area contributed by atoms with Gasteiger partial charge in [0.05, 0.1) is 38.6 Å². The minimum Gasteiger partial charge on any atom is -0.394 e. The second kappa shape index (κ2) is 39.8. The van der Waals surface area contributed by atoms with Gasteiger partial charge in [0.15, 0.2) is 18.9 Å². The van der Waals surface area contributed by atoms with Crippen LogP contribution in [0.2, 0.25) is 0 Å². The molecule has 17 atom stereocenters. The third kappa shape index (κ3) is 24.6.